The van der Waals surface area contributed by atoms with Crippen LogP contribution in [0, 0.1) is 11.7 Å². The van der Waals surface area contributed by atoms with Gasteiger partial charge in [-0.3, -0.25) is 4.79 Å². The van der Waals surface area contributed by atoms with Gasteiger partial charge in [0.1, 0.15) is 5.82 Å². The fourth-order valence-corrected chi connectivity index (χ4v) is 3.70. The Morgan fingerprint density at radius 3 is 2.15 bits per heavy atom. The summed E-state index contributed by atoms with van der Waals surface area (Å²) in [6.07, 6.45) is 1.05. The summed E-state index contributed by atoms with van der Waals surface area (Å²) in [5, 5.41) is 3.27. The molecule has 1 N–H and O–H groups in total. The van der Waals surface area contributed by atoms with Gasteiger partial charge in [-0.05, 0) is 35.2 Å². The number of nitrogens with one attached hydrogen (secondary N) is 1. The molecule has 26 heavy (non-hydrogen) atoms. The molecule has 1 saturated carbocycles. The molecule has 4 rings (SSSR count). The molecular weight excluding hydrogens is 351 g/mol. The molecule has 1 amide bonds. The van der Waals surface area contributed by atoms with Crippen LogP contribution < -0.4 is 5.32 Å². The topological polar surface area (TPSA) is 32.3 Å². The molecule has 2 aromatic carbocycles. The molecule has 2 fully saturated rings. The van der Waals surface area contributed by atoms with E-state index in [4.69, 9.17) is 0 Å². The first kappa shape index (κ1) is 18.9. The molecule has 2 aliphatic rings. The van der Waals surface area contributed by atoms with Crippen LogP contribution in [0.1, 0.15) is 24.8 Å². The largest absolute Gasteiger partial charge is 0.339 e. The minimum absolute atomic E-state index is 0. The number of carbonyl (C=O) groups excluding carboxylic acids is 1. The van der Waals surface area contributed by atoms with Crippen molar-refractivity contribution >= 4 is 18.3 Å². The van der Waals surface area contributed by atoms with Crippen molar-refractivity contribution in [2.24, 2.45) is 5.92 Å². The predicted molar refractivity (Wildman–Crippen MR) is 104 cm³/mol. The minimum Gasteiger partial charge on any atom is -0.339 e. The molecule has 1 saturated heterocycles. The first-order chi connectivity index (χ1) is 12.1. The summed E-state index contributed by atoms with van der Waals surface area (Å²) < 4.78 is 13.0. The standard InChI is InChI=1S/C21H23FN2O.ClH/c1-14(25)24(13-15-11-23-12-15)21-10-20(21)18-4-2-16(3-5-18)17-6-8-19(22)9-7-17;/h2-9,15,20-21,23H,10-13H2,1H3;1H. The van der Waals surface area contributed by atoms with Gasteiger partial charge in [0.05, 0.1) is 0 Å². The third-order valence-corrected chi connectivity index (χ3v) is 5.40. The number of hydrogen-bond acceptors (Lipinski definition) is 2. The van der Waals surface area contributed by atoms with Gasteiger partial charge in [0.15, 0.2) is 0 Å². The van der Waals surface area contributed by atoms with Crippen molar-refractivity contribution < 1.29 is 9.18 Å². The van der Waals surface area contributed by atoms with Crippen molar-refractivity contribution in [3.63, 3.8) is 0 Å². The highest BCUT2D eigenvalue weighted by molar-refractivity contribution is 5.85. The second kappa shape index (κ2) is 7.77. The van der Waals surface area contributed by atoms with Gasteiger partial charge in [-0.25, -0.2) is 4.39 Å². The first-order valence-corrected chi connectivity index (χ1v) is 8.95. The molecular formula is C21H24ClFN2O. The lowest BCUT2D eigenvalue weighted by Crippen LogP contribution is -2.49. The zero-order valence-corrected chi connectivity index (χ0v) is 15.6. The van der Waals surface area contributed by atoms with Crippen LogP contribution in [-0.2, 0) is 4.79 Å². The van der Waals surface area contributed by atoms with Crippen LogP contribution in [0.4, 0.5) is 4.39 Å². The van der Waals surface area contributed by atoms with Gasteiger partial charge in [-0.2, -0.15) is 0 Å². The molecule has 0 radical (unpaired) electrons. The van der Waals surface area contributed by atoms with Gasteiger partial charge in [0.2, 0.25) is 5.91 Å². The number of hydrogen-bond donors (Lipinski definition) is 1. The second-order valence-electron chi connectivity index (χ2n) is 7.23. The summed E-state index contributed by atoms with van der Waals surface area (Å²) in [5.41, 5.74) is 3.39. The van der Waals surface area contributed by atoms with Crippen molar-refractivity contribution in [1.82, 2.24) is 10.2 Å². The number of halogens is 2. The monoisotopic (exact) mass is 374 g/mol. The van der Waals surface area contributed by atoms with Gasteiger partial charge in [0.25, 0.3) is 0 Å². The molecule has 0 spiro atoms. The summed E-state index contributed by atoms with van der Waals surface area (Å²) in [4.78, 5) is 14.1. The van der Waals surface area contributed by atoms with E-state index < -0.39 is 0 Å². The van der Waals surface area contributed by atoms with Gasteiger partial charge < -0.3 is 10.2 Å². The summed E-state index contributed by atoms with van der Waals surface area (Å²) >= 11 is 0. The Bertz CT molecular complexity index is 759. The zero-order chi connectivity index (χ0) is 17.4. The van der Waals surface area contributed by atoms with E-state index in [0.29, 0.717) is 17.9 Å². The van der Waals surface area contributed by atoms with Gasteiger partial charge in [-0.1, -0.05) is 36.4 Å². The quantitative estimate of drug-likeness (QED) is 0.862. The predicted octanol–water partition coefficient (Wildman–Crippen LogP) is 3.84. The Balaban J connectivity index is 0.00000196. The summed E-state index contributed by atoms with van der Waals surface area (Å²) in [6.45, 7) is 4.59. The molecule has 1 aliphatic carbocycles. The van der Waals surface area contributed by atoms with E-state index in [1.807, 2.05) is 0 Å². The highest BCUT2D eigenvalue weighted by Gasteiger charge is 2.44. The molecule has 2 aromatic rings. The lowest BCUT2D eigenvalue weighted by Gasteiger charge is -2.33. The summed E-state index contributed by atoms with van der Waals surface area (Å²) in [5.74, 6) is 1.01. The Morgan fingerprint density at radius 1 is 1.08 bits per heavy atom. The fourth-order valence-electron chi connectivity index (χ4n) is 3.70. The van der Waals surface area contributed by atoms with Crippen LogP contribution in [0.25, 0.3) is 11.1 Å². The SMILES string of the molecule is CC(=O)N(CC1CNC1)C1CC1c1ccc(-c2ccc(F)cc2)cc1.Cl. The molecule has 0 bridgehead atoms. The number of carbonyl (C=O) groups is 1. The van der Waals surface area contributed by atoms with E-state index in [1.54, 1.807) is 19.1 Å². The number of benzene rings is 2. The molecule has 2 unspecified atom stereocenters. The zero-order valence-electron chi connectivity index (χ0n) is 14.8. The summed E-state index contributed by atoms with van der Waals surface area (Å²) in [6, 6.07) is 15.4. The smallest absolute Gasteiger partial charge is 0.219 e. The maximum atomic E-state index is 13.0. The van der Waals surface area contributed by atoms with E-state index >= 15 is 0 Å². The Hall–Kier alpha value is -1.91. The van der Waals surface area contributed by atoms with Crippen LogP contribution >= 0.6 is 12.4 Å². The fraction of sp³-hybridized carbons (Fsp3) is 0.381. The highest BCUT2D eigenvalue weighted by atomic mass is 35.5. The second-order valence-corrected chi connectivity index (χ2v) is 7.23. The Labute approximate surface area is 160 Å². The molecule has 0 aromatic heterocycles. The lowest BCUT2D eigenvalue weighted by atomic mass is 10.0. The average Bonchev–Trinajstić information content (AvgIpc) is 3.35. The van der Waals surface area contributed by atoms with Gasteiger partial charge in [-0.15, -0.1) is 12.4 Å². The minimum atomic E-state index is -0.216. The number of amides is 1. The van der Waals surface area contributed by atoms with Crippen molar-refractivity contribution in [1.29, 1.82) is 0 Å². The number of rotatable bonds is 5. The summed E-state index contributed by atoms with van der Waals surface area (Å²) in [7, 11) is 0. The van der Waals surface area contributed by atoms with E-state index in [9.17, 15) is 9.18 Å². The Kier molecular flexibility index (Phi) is 5.64. The van der Waals surface area contributed by atoms with Crippen molar-refractivity contribution in [2.75, 3.05) is 19.6 Å². The maximum absolute atomic E-state index is 13.0. The van der Waals surface area contributed by atoms with Crippen molar-refractivity contribution in [3.05, 3.63) is 59.9 Å². The Morgan fingerprint density at radius 2 is 1.65 bits per heavy atom. The molecule has 138 valence electrons. The molecule has 2 atom stereocenters. The van der Waals surface area contributed by atoms with Crippen LogP contribution in [0.15, 0.2) is 48.5 Å². The molecule has 1 aliphatic heterocycles. The normalized spacial score (nSPS) is 21.5. The first-order valence-electron chi connectivity index (χ1n) is 8.95. The molecule has 5 heteroatoms. The van der Waals surface area contributed by atoms with E-state index in [2.05, 4.69) is 34.5 Å². The van der Waals surface area contributed by atoms with Crippen LogP contribution in [0.5, 0.6) is 0 Å². The molecule has 1 heterocycles. The average molecular weight is 375 g/mol. The molecule has 3 nitrogen and oxygen atoms in total. The maximum Gasteiger partial charge on any atom is 0.219 e. The van der Waals surface area contributed by atoms with Crippen molar-refractivity contribution in [2.45, 2.75) is 25.3 Å². The van der Waals surface area contributed by atoms with E-state index in [1.165, 1.54) is 17.7 Å². The van der Waals surface area contributed by atoms with Crippen LogP contribution in [0.2, 0.25) is 0 Å². The van der Waals surface area contributed by atoms with E-state index in [-0.39, 0.29) is 24.1 Å². The third kappa shape index (κ3) is 3.92. The lowest BCUT2D eigenvalue weighted by molar-refractivity contribution is -0.130. The van der Waals surface area contributed by atoms with E-state index in [0.717, 1.165) is 37.2 Å². The van der Waals surface area contributed by atoms with Crippen molar-refractivity contribution in [3.8, 4) is 11.1 Å². The number of nitrogens with zero attached hydrogens (tertiary/aromatic N) is 1. The van der Waals surface area contributed by atoms with Crippen LogP contribution in [0.3, 0.4) is 0 Å². The van der Waals surface area contributed by atoms with Gasteiger partial charge >= 0.3 is 0 Å². The highest BCUT2D eigenvalue weighted by Crippen LogP contribution is 2.45. The van der Waals surface area contributed by atoms with Crippen LogP contribution in [-0.4, -0.2) is 36.5 Å². The third-order valence-electron chi connectivity index (χ3n) is 5.40. The van der Waals surface area contributed by atoms with Gasteiger partial charge in [0, 0.05) is 44.4 Å².